The highest BCUT2D eigenvalue weighted by atomic mass is 19.1. The number of aryl methyl sites for hydroxylation is 1. The maximum atomic E-state index is 13.1. The number of rotatable bonds is 2. The first-order chi connectivity index (χ1) is 11.1. The smallest absolute Gasteiger partial charge is 0.252 e. The highest BCUT2D eigenvalue weighted by Gasteiger charge is 2.40. The van der Waals surface area contributed by atoms with E-state index in [0.717, 1.165) is 37.4 Å². The van der Waals surface area contributed by atoms with Crippen LogP contribution < -0.4 is 4.90 Å². The highest BCUT2D eigenvalue weighted by molar-refractivity contribution is 5.42. The molecule has 2 aliphatic rings. The van der Waals surface area contributed by atoms with E-state index < -0.39 is 11.7 Å². The minimum atomic E-state index is -0.549. The highest BCUT2D eigenvalue weighted by Crippen LogP contribution is 2.32. The molecule has 2 saturated heterocycles. The molecule has 4 heterocycles. The molecule has 1 spiro atoms. The van der Waals surface area contributed by atoms with E-state index in [1.165, 1.54) is 16.9 Å². The lowest BCUT2D eigenvalue weighted by atomic mass is 10.0. The number of nitrogens with zero attached hydrogens (tertiary/aromatic N) is 5. The second-order valence-electron chi connectivity index (χ2n) is 5.85. The van der Waals surface area contributed by atoms with Crippen molar-refractivity contribution in [1.82, 2.24) is 19.7 Å². The number of anilines is 1. The zero-order valence-corrected chi connectivity index (χ0v) is 12.9. The van der Waals surface area contributed by atoms with Gasteiger partial charge < -0.3 is 14.4 Å². The third-order valence-corrected chi connectivity index (χ3v) is 4.25. The molecule has 0 N–H and O–H groups in total. The van der Waals surface area contributed by atoms with Crippen molar-refractivity contribution in [3.05, 3.63) is 30.0 Å². The van der Waals surface area contributed by atoms with Gasteiger partial charge in [0.25, 0.3) is 5.95 Å². The average molecular weight is 319 g/mol. The Kier molecular flexibility index (Phi) is 3.50. The third-order valence-electron chi connectivity index (χ3n) is 4.25. The molecule has 2 aliphatic heterocycles. The first-order valence-corrected chi connectivity index (χ1v) is 7.74. The van der Waals surface area contributed by atoms with Crippen LogP contribution in [0.5, 0.6) is 0 Å². The molecule has 2 aromatic heterocycles. The van der Waals surface area contributed by atoms with Crippen molar-refractivity contribution in [2.24, 2.45) is 0 Å². The molecule has 0 bridgehead atoms. The first kappa shape index (κ1) is 14.5. The van der Waals surface area contributed by atoms with Crippen LogP contribution in [-0.4, -0.2) is 51.8 Å². The Morgan fingerprint density at radius 2 is 1.91 bits per heavy atom. The van der Waals surface area contributed by atoms with Gasteiger partial charge in [0, 0.05) is 50.0 Å². The Labute approximate surface area is 133 Å². The summed E-state index contributed by atoms with van der Waals surface area (Å²) in [5.41, 5.74) is 0.814. The molecule has 0 radical (unpaired) electrons. The average Bonchev–Trinajstić information content (AvgIpc) is 3.17. The standard InChI is InChI=1S/C15H18FN5O2/c1-11-10-13(18-14(17-11)21-5-2-12(16)19-21)20-6-3-15(4-7-20)22-8-9-23-15/h2,5,10H,3-4,6-9H2,1H3. The van der Waals surface area contributed by atoms with Crippen molar-refractivity contribution in [2.45, 2.75) is 25.6 Å². The number of hydrogen-bond donors (Lipinski definition) is 0. The van der Waals surface area contributed by atoms with Gasteiger partial charge >= 0.3 is 0 Å². The topological polar surface area (TPSA) is 65.3 Å². The maximum absolute atomic E-state index is 13.1. The van der Waals surface area contributed by atoms with E-state index in [9.17, 15) is 4.39 Å². The van der Waals surface area contributed by atoms with E-state index in [2.05, 4.69) is 20.0 Å². The van der Waals surface area contributed by atoms with Gasteiger partial charge in [-0.3, -0.25) is 0 Å². The Hall–Kier alpha value is -2.06. The summed E-state index contributed by atoms with van der Waals surface area (Å²) in [6.45, 7) is 4.82. The van der Waals surface area contributed by atoms with Crippen molar-refractivity contribution in [2.75, 3.05) is 31.2 Å². The lowest BCUT2D eigenvalue weighted by Crippen LogP contribution is -2.45. The summed E-state index contributed by atoms with van der Waals surface area (Å²) in [5, 5.41) is 3.73. The third kappa shape index (κ3) is 2.79. The number of piperidine rings is 1. The first-order valence-electron chi connectivity index (χ1n) is 7.74. The number of aromatic nitrogens is 4. The molecule has 122 valence electrons. The molecular formula is C15H18FN5O2. The van der Waals surface area contributed by atoms with Gasteiger partial charge in [-0.1, -0.05) is 0 Å². The van der Waals surface area contributed by atoms with Crippen LogP contribution in [-0.2, 0) is 9.47 Å². The Bertz CT molecular complexity index is 704. The molecule has 2 aromatic rings. The quantitative estimate of drug-likeness (QED) is 0.835. The van der Waals surface area contributed by atoms with Crippen LogP contribution in [0.3, 0.4) is 0 Å². The molecule has 0 saturated carbocycles. The fraction of sp³-hybridized carbons (Fsp3) is 0.533. The summed E-state index contributed by atoms with van der Waals surface area (Å²) in [5.74, 6) is 0.230. The minimum Gasteiger partial charge on any atom is -0.356 e. The number of hydrogen-bond acceptors (Lipinski definition) is 6. The predicted octanol–water partition coefficient (Wildman–Crippen LogP) is 1.45. The lowest BCUT2D eigenvalue weighted by molar-refractivity contribution is -0.169. The predicted molar refractivity (Wildman–Crippen MR) is 79.9 cm³/mol. The van der Waals surface area contributed by atoms with Crippen molar-refractivity contribution < 1.29 is 13.9 Å². The fourth-order valence-corrected chi connectivity index (χ4v) is 3.08. The lowest BCUT2D eigenvalue weighted by Gasteiger charge is -2.38. The Balaban J connectivity index is 1.56. The zero-order chi connectivity index (χ0) is 15.9. The Morgan fingerprint density at radius 1 is 1.17 bits per heavy atom. The van der Waals surface area contributed by atoms with E-state index in [-0.39, 0.29) is 0 Å². The van der Waals surface area contributed by atoms with Gasteiger partial charge in [-0.05, 0) is 6.92 Å². The molecule has 23 heavy (non-hydrogen) atoms. The molecule has 8 heteroatoms. The van der Waals surface area contributed by atoms with Crippen molar-refractivity contribution >= 4 is 5.82 Å². The monoisotopic (exact) mass is 319 g/mol. The van der Waals surface area contributed by atoms with Gasteiger partial charge in [-0.15, -0.1) is 5.10 Å². The Morgan fingerprint density at radius 3 is 2.57 bits per heavy atom. The van der Waals surface area contributed by atoms with Crippen LogP contribution >= 0.6 is 0 Å². The number of ether oxygens (including phenoxy) is 2. The summed E-state index contributed by atoms with van der Waals surface area (Å²) in [6, 6.07) is 3.21. The summed E-state index contributed by atoms with van der Waals surface area (Å²) in [6.07, 6.45) is 3.13. The molecule has 2 fully saturated rings. The second-order valence-corrected chi connectivity index (χ2v) is 5.85. The van der Waals surface area contributed by atoms with Gasteiger partial charge in [0.05, 0.1) is 13.2 Å². The molecule has 0 aliphatic carbocycles. The van der Waals surface area contributed by atoms with Crippen molar-refractivity contribution in [3.63, 3.8) is 0 Å². The zero-order valence-electron chi connectivity index (χ0n) is 12.9. The fourth-order valence-electron chi connectivity index (χ4n) is 3.08. The van der Waals surface area contributed by atoms with E-state index in [1.807, 2.05) is 13.0 Å². The van der Waals surface area contributed by atoms with Gasteiger partial charge in [0.15, 0.2) is 5.79 Å². The molecular weight excluding hydrogens is 301 g/mol. The van der Waals surface area contributed by atoms with Crippen LogP contribution in [0.25, 0.3) is 5.95 Å². The minimum absolute atomic E-state index is 0.373. The normalized spacial score (nSPS) is 20.3. The largest absolute Gasteiger partial charge is 0.356 e. The summed E-state index contributed by atoms with van der Waals surface area (Å²) >= 11 is 0. The van der Waals surface area contributed by atoms with Crippen molar-refractivity contribution in [1.29, 1.82) is 0 Å². The van der Waals surface area contributed by atoms with Crippen LogP contribution in [0.4, 0.5) is 10.2 Å². The van der Waals surface area contributed by atoms with Crippen LogP contribution in [0.1, 0.15) is 18.5 Å². The van der Waals surface area contributed by atoms with Crippen LogP contribution in [0.15, 0.2) is 18.3 Å². The van der Waals surface area contributed by atoms with Gasteiger partial charge in [0.2, 0.25) is 5.95 Å². The molecule has 0 amide bonds. The summed E-state index contributed by atoms with van der Waals surface area (Å²) < 4.78 is 26.0. The number of halogens is 1. The maximum Gasteiger partial charge on any atom is 0.252 e. The van der Waals surface area contributed by atoms with Crippen LogP contribution in [0.2, 0.25) is 0 Å². The van der Waals surface area contributed by atoms with Crippen molar-refractivity contribution in [3.8, 4) is 5.95 Å². The molecule has 0 aromatic carbocycles. The molecule has 4 rings (SSSR count). The summed E-state index contributed by atoms with van der Waals surface area (Å²) in [4.78, 5) is 11.0. The molecule has 0 atom stereocenters. The van der Waals surface area contributed by atoms with E-state index in [1.54, 1.807) is 0 Å². The molecule has 7 nitrogen and oxygen atoms in total. The second kappa shape index (κ2) is 5.54. The van der Waals surface area contributed by atoms with Gasteiger partial charge in [0.1, 0.15) is 5.82 Å². The van der Waals surface area contributed by atoms with E-state index in [0.29, 0.717) is 19.2 Å². The van der Waals surface area contributed by atoms with Crippen LogP contribution in [0, 0.1) is 12.9 Å². The SMILES string of the molecule is Cc1cc(N2CCC3(CC2)OCCO3)nc(-n2ccc(F)n2)n1. The van der Waals surface area contributed by atoms with Gasteiger partial charge in [-0.25, -0.2) is 9.67 Å². The summed E-state index contributed by atoms with van der Waals surface area (Å²) in [7, 11) is 0. The molecule has 0 unspecified atom stereocenters. The van der Waals surface area contributed by atoms with Gasteiger partial charge in [-0.2, -0.15) is 9.37 Å². The van der Waals surface area contributed by atoms with E-state index in [4.69, 9.17) is 9.47 Å². The van der Waals surface area contributed by atoms with E-state index >= 15 is 0 Å².